The summed E-state index contributed by atoms with van der Waals surface area (Å²) in [6.07, 6.45) is 1.87. The quantitative estimate of drug-likeness (QED) is 0.0793. The van der Waals surface area contributed by atoms with E-state index in [0.29, 0.717) is 23.7 Å². The maximum atomic E-state index is 2.56. The van der Waals surface area contributed by atoms with Gasteiger partial charge in [0.2, 0.25) is 0 Å². The molecule has 0 saturated heterocycles. The molecular formula is C79H75N3. The van der Waals surface area contributed by atoms with Gasteiger partial charge in [-0.15, -0.1) is 0 Å². The van der Waals surface area contributed by atoms with Crippen molar-refractivity contribution in [2.45, 2.75) is 97.8 Å². The van der Waals surface area contributed by atoms with Gasteiger partial charge in [0.05, 0.1) is 17.1 Å². The molecule has 82 heavy (non-hydrogen) atoms. The Morgan fingerprint density at radius 2 is 0.561 bits per heavy atom. The van der Waals surface area contributed by atoms with Crippen LogP contribution in [0.4, 0.5) is 51.2 Å². The highest BCUT2D eigenvalue weighted by molar-refractivity contribution is 6.31. The molecule has 406 valence electrons. The van der Waals surface area contributed by atoms with Gasteiger partial charge in [-0.1, -0.05) is 225 Å². The van der Waals surface area contributed by atoms with Gasteiger partial charge in [-0.05, 0) is 171 Å². The van der Waals surface area contributed by atoms with Crippen LogP contribution in [0.2, 0.25) is 0 Å². The largest absolute Gasteiger partial charge is 0.310 e. The smallest absolute Gasteiger partial charge is 0.0561 e. The normalized spacial score (nSPS) is 12.1. The third-order valence-electron chi connectivity index (χ3n) is 17.0. The minimum Gasteiger partial charge on any atom is -0.310 e. The van der Waals surface area contributed by atoms with Gasteiger partial charge in [0, 0.05) is 61.6 Å². The van der Waals surface area contributed by atoms with Crippen LogP contribution in [0, 0.1) is 0 Å². The summed E-state index contributed by atoms with van der Waals surface area (Å²) in [7, 11) is 0. The lowest BCUT2D eigenvalue weighted by molar-refractivity contribution is 0.719. The van der Waals surface area contributed by atoms with Gasteiger partial charge in [0.25, 0.3) is 0 Å². The molecule has 0 N–H and O–H groups in total. The van der Waals surface area contributed by atoms with Gasteiger partial charge in [-0.25, -0.2) is 0 Å². The zero-order valence-corrected chi connectivity index (χ0v) is 48.9. The molecule has 0 spiro atoms. The predicted octanol–water partition coefficient (Wildman–Crippen LogP) is 23.3. The fourth-order valence-corrected chi connectivity index (χ4v) is 12.4. The van der Waals surface area contributed by atoms with Gasteiger partial charge in [0.15, 0.2) is 0 Å². The van der Waals surface area contributed by atoms with Crippen molar-refractivity contribution in [3.63, 3.8) is 0 Å². The number of anilines is 9. The predicted molar refractivity (Wildman–Crippen MR) is 354 cm³/mol. The summed E-state index contributed by atoms with van der Waals surface area (Å²) >= 11 is 0. The Morgan fingerprint density at radius 1 is 0.268 bits per heavy atom. The molecule has 0 fully saturated rings. The van der Waals surface area contributed by atoms with Crippen molar-refractivity contribution in [1.29, 1.82) is 0 Å². The molecule has 0 amide bonds. The van der Waals surface area contributed by atoms with Crippen LogP contribution >= 0.6 is 0 Å². The van der Waals surface area contributed by atoms with Crippen LogP contribution in [0.15, 0.2) is 255 Å². The van der Waals surface area contributed by atoms with Crippen molar-refractivity contribution in [2.24, 2.45) is 0 Å². The number of benzene rings is 12. The summed E-state index contributed by atoms with van der Waals surface area (Å²) < 4.78 is 0. The molecule has 0 aliphatic rings. The maximum absolute atomic E-state index is 2.56. The first-order valence-corrected chi connectivity index (χ1v) is 29.8. The van der Waals surface area contributed by atoms with Crippen molar-refractivity contribution in [3.8, 4) is 0 Å². The van der Waals surface area contributed by atoms with Crippen LogP contribution in [0.25, 0.3) is 32.3 Å². The average Bonchev–Trinajstić information content (AvgIpc) is 1.63. The summed E-state index contributed by atoms with van der Waals surface area (Å²) in [6.45, 7) is 18.2. The lowest BCUT2D eigenvalue weighted by Crippen LogP contribution is -2.15. The first-order chi connectivity index (χ1) is 40.0. The zero-order valence-electron chi connectivity index (χ0n) is 48.9. The summed E-state index contributed by atoms with van der Waals surface area (Å²) in [4.78, 5) is 7.51. The Balaban J connectivity index is 1.23. The van der Waals surface area contributed by atoms with Crippen LogP contribution < -0.4 is 14.7 Å². The number of hydrogen-bond donors (Lipinski definition) is 0. The number of para-hydroxylation sites is 3. The Hall–Kier alpha value is -8.92. The topological polar surface area (TPSA) is 9.72 Å². The second-order valence-electron chi connectivity index (χ2n) is 23.6. The second-order valence-corrected chi connectivity index (χ2v) is 23.6. The lowest BCUT2D eigenvalue weighted by atomic mass is 9.80. The third-order valence-corrected chi connectivity index (χ3v) is 17.0. The zero-order chi connectivity index (χ0) is 56.4. The maximum Gasteiger partial charge on any atom is 0.0561 e. The summed E-state index contributed by atoms with van der Waals surface area (Å²) in [5.41, 5.74) is 19.4. The van der Waals surface area contributed by atoms with Crippen molar-refractivity contribution in [3.05, 3.63) is 294 Å². The molecule has 0 bridgehead atoms. The van der Waals surface area contributed by atoms with E-state index in [9.17, 15) is 0 Å². The molecule has 1 atom stereocenters. The summed E-state index contributed by atoms with van der Waals surface area (Å²) in [5.74, 6) is 1.75. The average molecular weight is 1070 g/mol. The highest BCUT2D eigenvalue weighted by Crippen LogP contribution is 2.54. The summed E-state index contributed by atoms with van der Waals surface area (Å²) in [5, 5.41) is 7.35. The van der Waals surface area contributed by atoms with E-state index in [-0.39, 0.29) is 5.92 Å². The van der Waals surface area contributed by atoms with Crippen LogP contribution in [-0.4, -0.2) is 0 Å². The minimum absolute atomic E-state index is 0.0646. The van der Waals surface area contributed by atoms with Crippen molar-refractivity contribution in [2.75, 3.05) is 14.7 Å². The lowest BCUT2D eigenvalue weighted by Gasteiger charge is -2.34. The highest BCUT2D eigenvalue weighted by Gasteiger charge is 2.29. The van der Waals surface area contributed by atoms with E-state index in [4.69, 9.17) is 0 Å². The van der Waals surface area contributed by atoms with Crippen molar-refractivity contribution < 1.29 is 0 Å². The molecule has 0 aromatic heterocycles. The summed E-state index contributed by atoms with van der Waals surface area (Å²) in [6, 6.07) is 96.3. The van der Waals surface area contributed by atoms with Crippen LogP contribution in [-0.2, 0) is 6.42 Å². The molecule has 3 nitrogen and oxygen atoms in total. The molecule has 1 unspecified atom stereocenters. The first-order valence-electron chi connectivity index (χ1n) is 29.8. The Kier molecular flexibility index (Phi) is 15.2. The van der Waals surface area contributed by atoms with Gasteiger partial charge in [0.1, 0.15) is 0 Å². The fraction of sp³-hybridized carbons (Fsp3) is 0.190. The SMILES string of the molecule is CC(C)c1ccc(CCC(c2ccccc2)c2cc(N(c3ccccc3)c3ccc(C(C)C)cc3)c3ccc4c(N(c5ccccc5)c5ccc(C(C)C)cc5)cc(N(c5ccccc5)c5ccc(C(C)C)cc5)c5ccc2c3c54)cc1. The number of rotatable bonds is 18. The van der Waals surface area contributed by atoms with Crippen molar-refractivity contribution >= 4 is 83.5 Å². The van der Waals surface area contributed by atoms with Gasteiger partial charge >= 0.3 is 0 Å². The minimum atomic E-state index is 0.0646. The van der Waals surface area contributed by atoms with Crippen LogP contribution in [0.3, 0.4) is 0 Å². The fourth-order valence-electron chi connectivity index (χ4n) is 12.4. The van der Waals surface area contributed by atoms with E-state index in [1.54, 1.807) is 0 Å². The molecule has 3 heteroatoms. The van der Waals surface area contributed by atoms with E-state index in [1.807, 2.05) is 0 Å². The molecular weight excluding hydrogens is 991 g/mol. The number of nitrogens with zero attached hydrogens (tertiary/aromatic N) is 3. The Bertz CT molecular complexity index is 3940. The van der Waals surface area contributed by atoms with Gasteiger partial charge in [-0.2, -0.15) is 0 Å². The standard InChI is InChI=1S/C79H75N3/c1-53(2)58-32-29-57(30-33-58)31-46-69(62-21-13-9-14-22-62)74-51-75(80(63-23-15-10-16-24-63)66-40-34-59(35-41-66)54(3)4)71-49-50-73-77(82(65-27-19-12-20-28-65)68-44-38-61(39-45-68)56(7)8)52-76(72-48-47-70(74)78(71)79(72)73)81(64-25-17-11-18-26-64)67-42-36-60(37-43-67)55(5)6/h9-30,32-45,47-56,69H,31,46H2,1-8H3. The van der Waals surface area contributed by atoms with E-state index < -0.39 is 0 Å². The number of aryl methyl sites for hydroxylation is 1. The third kappa shape index (κ3) is 10.5. The molecule has 12 rings (SSSR count). The van der Waals surface area contributed by atoms with E-state index in [2.05, 4.69) is 325 Å². The van der Waals surface area contributed by atoms with E-state index in [1.165, 1.54) is 71.3 Å². The first kappa shape index (κ1) is 53.7. The number of hydrogen-bond acceptors (Lipinski definition) is 3. The van der Waals surface area contributed by atoms with Gasteiger partial charge < -0.3 is 14.7 Å². The van der Waals surface area contributed by atoms with E-state index in [0.717, 1.165) is 64.0 Å². The monoisotopic (exact) mass is 1070 g/mol. The molecule has 0 heterocycles. The molecule has 0 aliphatic heterocycles. The van der Waals surface area contributed by atoms with Crippen LogP contribution in [0.1, 0.15) is 130 Å². The van der Waals surface area contributed by atoms with Crippen LogP contribution in [0.5, 0.6) is 0 Å². The van der Waals surface area contributed by atoms with Gasteiger partial charge in [-0.3, -0.25) is 0 Å². The van der Waals surface area contributed by atoms with E-state index >= 15 is 0 Å². The second kappa shape index (κ2) is 23.3. The Morgan fingerprint density at radius 3 is 0.915 bits per heavy atom. The highest BCUT2D eigenvalue weighted by atomic mass is 15.2. The molecule has 12 aromatic carbocycles. The Labute approximate surface area is 487 Å². The molecule has 0 aliphatic carbocycles. The molecule has 0 radical (unpaired) electrons. The van der Waals surface area contributed by atoms with Crippen molar-refractivity contribution in [1.82, 2.24) is 0 Å². The molecule has 12 aromatic rings. The molecule has 0 saturated carbocycles.